The second-order valence-electron chi connectivity index (χ2n) is 7.85. The van der Waals surface area contributed by atoms with E-state index < -0.39 is 0 Å². The van der Waals surface area contributed by atoms with Gasteiger partial charge in [-0.1, -0.05) is 0 Å². The molecule has 4 aliphatic carbocycles. The quantitative estimate of drug-likeness (QED) is 0.823. The Morgan fingerprint density at radius 1 is 0.789 bits per heavy atom. The summed E-state index contributed by atoms with van der Waals surface area (Å²) < 4.78 is 0. The maximum Gasteiger partial charge on any atom is 0.00150 e. The first-order valence-electron chi connectivity index (χ1n) is 8.81. The zero-order valence-electron chi connectivity index (χ0n) is 12.3. The molecule has 0 radical (unpaired) electrons. The average molecular weight is 262 g/mol. The Kier molecular flexibility index (Phi) is 3.57. The van der Waals surface area contributed by atoms with Gasteiger partial charge < -0.3 is 10.2 Å². The topological polar surface area (TPSA) is 15.3 Å². The molecule has 0 aromatic carbocycles. The van der Waals surface area contributed by atoms with E-state index in [4.69, 9.17) is 0 Å². The predicted molar refractivity (Wildman–Crippen MR) is 79.1 cm³/mol. The van der Waals surface area contributed by atoms with Crippen LogP contribution in [0.2, 0.25) is 0 Å². The summed E-state index contributed by atoms with van der Waals surface area (Å²) >= 11 is 0. The lowest BCUT2D eigenvalue weighted by Crippen LogP contribution is -2.49. The minimum atomic E-state index is 1.07. The smallest absolute Gasteiger partial charge is 0.00150 e. The largest absolute Gasteiger partial charge is 0.317 e. The maximum atomic E-state index is 3.54. The van der Waals surface area contributed by atoms with Crippen LogP contribution in [0.1, 0.15) is 44.9 Å². The molecule has 4 saturated carbocycles. The standard InChI is InChI=1S/C17H30N2/c1-3-18-4-2-6-19(5-1)12-17-15-8-13-7-14(10-15)11-16(17)9-13/h13-18H,1-12H2. The summed E-state index contributed by atoms with van der Waals surface area (Å²) in [5.74, 6) is 5.56. The molecule has 19 heavy (non-hydrogen) atoms. The Hall–Kier alpha value is -0.0800. The molecule has 2 heteroatoms. The van der Waals surface area contributed by atoms with Crippen LogP contribution in [-0.2, 0) is 0 Å². The summed E-state index contributed by atoms with van der Waals surface area (Å²) in [4.78, 5) is 2.81. The fraction of sp³-hybridized carbons (Fsp3) is 1.00. The molecule has 0 amide bonds. The first kappa shape index (κ1) is 12.6. The Morgan fingerprint density at radius 3 is 1.95 bits per heavy atom. The Morgan fingerprint density at radius 2 is 1.37 bits per heavy atom. The van der Waals surface area contributed by atoms with Crippen molar-refractivity contribution in [1.82, 2.24) is 10.2 Å². The molecule has 1 heterocycles. The van der Waals surface area contributed by atoms with Gasteiger partial charge in [0.15, 0.2) is 0 Å². The van der Waals surface area contributed by atoms with Crippen LogP contribution in [0.15, 0.2) is 0 Å². The van der Waals surface area contributed by atoms with E-state index in [-0.39, 0.29) is 0 Å². The van der Waals surface area contributed by atoms with E-state index >= 15 is 0 Å². The molecule has 5 aliphatic rings. The van der Waals surface area contributed by atoms with Gasteiger partial charge in [0, 0.05) is 6.54 Å². The molecule has 4 bridgehead atoms. The van der Waals surface area contributed by atoms with Crippen molar-refractivity contribution < 1.29 is 0 Å². The van der Waals surface area contributed by atoms with Gasteiger partial charge in [0.2, 0.25) is 0 Å². The third-order valence-electron chi connectivity index (χ3n) is 6.55. The van der Waals surface area contributed by atoms with Crippen molar-refractivity contribution in [3.05, 3.63) is 0 Å². The lowest BCUT2D eigenvalue weighted by atomic mass is 9.52. The third kappa shape index (κ3) is 2.58. The predicted octanol–water partition coefficient (Wildman–Crippen LogP) is 2.74. The van der Waals surface area contributed by atoms with E-state index in [0.717, 1.165) is 29.6 Å². The highest BCUT2D eigenvalue weighted by Crippen LogP contribution is 2.56. The second kappa shape index (κ2) is 5.37. The van der Waals surface area contributed by atoms with Crippen LogP contribution >= 0.6 is 0 Å². The first-order valence-corrected chi connectivity index (χ1v) is 8.81. The van der Waals surface area contributed by atoms with Crippen molar-refractivity contribution in [1.29, 1.82) is 0 Å². The third-order valence-corrected chi connectivity index (χ3v) is 6.55. The molecule has 0 atom stereocenters. The first-order chi connectivity index (χ1) is 9.38. The van der Waals surface area contributed by atoms with Crippen molar-refractivity contribution in [3.8, 4) is 0 Å². The van der Waals surface area contributed by atoms with E-state index in [1.807, 2.05) is 0 Å². The van der Waals surface area contributed by atoms with Gasteiger partial charge in [-0.2, -0.15) is 0 Å². The van der Waals surface area contributed by atoms with Crippen LogP contribution in [-0.4, -0.2) is 37.6 Å². The number of nitrogens with one attached hydrogen (secondary N) is 1. The molecule has 1 aliphatic heterocycles. The zero-order chi connectivity index (χ0) is 12.7. The molecular formula is C17H30N2. The highest BCUT2D eigenvalue weighted by molar-refractivity contribution is 4.98. The second-order valence-corrected chi connectivity index (χ2v) is 7.85. The van der Waals surface area contributed by atoms with Crippen LogP contribution in [0.4, 0.5) is 0 Å². The fourth-order valence-electron chi connectivity index (χ4n) is 5.91. The van der Waals surface area contributed by atoms with Crippen LogP contribution in [0.3, 0.4) is 0 Å². The SMILES string of the molecule is C1CNCCCN(CC2C3CC4CC(C3)CC2C4)C1. The summed E-state index contributed by atoms with van der Waals surface area (Å²) in [7, 11) is 0. The van der Waals surface area contributed by atoms with Gasteiger partial charge >= 0.3 is 0 Å². The zero-order valence-corrected chi connectivity index (χ0v) is 12.3. The van der Waals surface area contributed by atoms with Crippen molar-refractivity contribution in [2.75, 3.05) is 32.7 Å². The van der Waals surface area contributed by atoms with E-state index in [2.05, 4.69) is 10.2 Å². The molecule has 0 aromatic rings. The number of hydrogen-bond donors (Lipinski definition) is 1. The van der Waals surface area contributed by atoms with Gasteiger partial charge in [0.1, 0.15) is 0 Å². The van der Waals surface area contributed by atoms with Crippen LogP contribution < -0.4 is 5.32 Å². The van der Waals surface area contributed by atoms with Crippen molar-refractivity contribution >= 4 is 0 Å². The van der Waals surface area contributed by atoms with Gasteiger partial charge in [-0.3, -0.25) is 0 Å². The van der Waals surface area contributed by atoms with Crippen molar-refractivity contribution in [2.24, 2.45) is 29.6 Å². The molecule has 1 saturated heterocycles. The van der Waals surface area contributed by atoms with Gasteiger partial charge in [-0.25, -0.2) is 0 Å². The summed E-state index contributed by atoms with van der Waals surface area (Å²) in [6, 6.07) is 0. The normalized spacial score (nSPS) is 47.1. The summed E-state index contributed by atoms with van der Waals surface area (Å²) in [5, 5.41) is 3.54. The van der Waals surface area contributed by atoms with Gasteiger partial charge in [0.05, 0.1) is 0 Å². The monoisotopic (exact) mass is 262 g/mol. The summed E-state index contributed by atoms with van der Waals surface area (Å²) in [6.07, 6.45) is 10.7. The molecule has 2 nitrogen and oxygen atoms in total. The highest BCUT2D eigenvalue weighted by Gasteiger charge is 2.48. The average Bonchev–Trinajstić information content (AvgIpc) is 2.35. The van der Waals surface area contributed by atoms with Crippen LogP contribution in [0.25, 0.3) is 0 Å². The molecular weight excluding hydrogens is 232 g/mol. The molecule has 5 rings (SSSR count). The van der Waals surface area contributed by atoms with E-state index in [1.165, 1.54) is 45.6 Å². The number of rotatable bonds is 2. The van der Waals surface area contributed by atoms with Crippen molar-refractivity contribution in [2.45, 2.75) is 44.9 Å². The van der Waals surface area contributed by atoms with Crippen molar-refractivity contribution in [3.63, 3.8) is 0 Å². The van der Waals surface area contributed by atoms with Crippen LogP contribution in [0, 0.1) is 29.6 Å². The van der Waals surface area contributed by atoms with E-state index in [1.54, 1.807) is 32.1 Å². The Labute approximate surface area is 118 Å². The lowest BCUT2D eigenvalue weighted by molar-refractivity contribution is -0.0494. The van der Waals surface area contributed by atoms with Gasteiger partial charge in [-0.15, -0.1) is 0 Å². The van der Waals surface area contributed by atoms with Crippen LogP contribution in [0.5, 0.6) is 0 Å². The fourth-order valence-corrected chi connectivity index (χ4v) is 5.91. The maximum absolute atomic E-state index is 3.54. The molecule has 108 valence electrons. The Bertz CT molecular complexity index is 278. The molecule has 0 unspecified atom stereocenters. The summed E-state index contributed by atoms with van der Waals surface area (Å²) in [6.45, 7) is 6.59. The Balaban J connectivity index is 1.39. The lowest BCUT2D eigenvalue weighted by Gasteiger charge is -2.55. The highest BCUT2D eigenvalue weighted by atomic mass is 15.1. The molecule has 1 N–H and O–H groups in total. The summed E-state index contributed by atoms with van der Waals surface area (Å²) in [5.41, 5.74) is 0. The number of hydrogen-bond acceptors (Lipinski definition) is 2. The van der Waals surface area contributed by atoms with Gasteiger partial charge in [-0.05, 0) is 101 Å². The van der Waals surface area contributed by atoms with E-state index in [0.29, 0.717) is 0 Å². The van der Waals surface area contributed by atoms with E-state index in [9.17, 15) is 0 Å². The minimum Gasteiger partial charge on any atom is -0.317 e. The molecule has 5 fully saturated rings. The number of nitrogens with zero attached hydrogens (tertiary/aromatic N) is 1. The molecule has 0 spiro atoms. The minimum absolute atomic E-state index is 1.07. The van der Waals surface area contributed by atoms with Gasteiger partial charge in [0.25, 0.3) is 0 Å². The molecule has 0 aromatic heterocycles.